The summed E-state index contributed by atoms with van der Waals surface area (Å²) in [5.41, 5.74) is 3.29. The van der Waals surface area contributed by atoms with Crippen LogP contribution < -0.4 is 14.8 Å². The number of benzene rings is 2. The fourth-order valence-corrected chi connectivity index (χ4v) is 2.98. The van der Waals surface area contributed by atoms with Crippen LogP contribution in [0.2, 0.25) is 5.02 Å². The van der Waals surface area contributed by atoms with Gasteiger partial charge >= 0.3 is 0 Å². The van der Waals surface area contributed by atoms with Gasteiger partial charge in [0.05, 0.1) is 18.2 Å². The first-order valence-corrected chi connectivity index (χ1v) is 8.90. The highest BCUT2D eigenvalue weighted by atomic mass is 35.5. The zero-order valence-electron chi connectivity index (χ0n) is 14.3. The molecular formula is C20H22ClNO3. The molecule has 0 radical (unpaired) electrons. The van der Waals surface area contributed by atoms with Crippen molar-refractivity contribution in [2.45, 2.75) is 32.7 Å². The molecule has 0 fully saturated rings. The number of fused-ring (bicyclic) bond motifs is 1. The second-order valence-corrected chi connectivity index (χ2v) is 6.62. The Bertz CT molecular complexity index is 743. The third-order valence-electron chi connectivity index (χ3n) is 4.11. The van der Waals surface area contributed by atoms with Crippen LogP contribution >= 0.6 is 11.6 Å². The molecule has 1 amide bonds. The van der Waals surface area contributed by atoms with Gasteiger partial charge in [-0.25, -0.2) is 0 Å². The van der Waals surface area contributed by atoms with Gasteiger partial charge in [-0.05, 0) is 36.6 Å². The third kappa shape index (κ3) is 4.89. The summed E-state index contributed by atoms with van der Waals surface area (Å²) in [5.74, 6) is 1.26. The molecule has 1 N–H and O–H groups in total. The highest BCUT2D eigenvalue weighted by Gasteiger charge is 2.15. The monoisotopic (exact) mass is 359 g/mol. The van der Waals surface area contributed by atoms with Gasteiger partial charge in [0, 0.05) is 19.4 Å². The molecule has 0 unspecified atom stereocenters. The Labute approximate surface area is 153 Å². The van der Waals surface area contributed by atoms with Gasteiger partial charge in [0.1, 0.15) is 0 Å². The quantitative estimate of drug-likeness (QED) is 0.875. The molecule has 2 aromatic carbocycles. The number of aryl methyl sites for hydroxylation is 2. The van der Waals surface area contributed by atoms with Crippen molar-refractivity contribution in [1.29, 1.82) is 0 Å². The Kier molecular flexibility index (Phi) is 5.82. The summed E-state index contributed by atoms with van der Waals surface area (Å²) in [6.45, 7) is 3.68. The van der Waals surface area contributed by atoms with Gasteiger partial charge in [0.15, 0.2) is 11.5 Å². The number of hydrogen-bond donors (Lipinski definition) is 1. The molecule has 2 aromatic rings. The van der Waals surface area contributed by atoms with Crippen LogP contribution in [0.25, 0.3) is 0 Å². The predicted octanol–water partition coefficient (Wildman–Crippen LogP) is 4.06. The summed E-state index contributed by atoms with van der Waals surface area (Å²) in [6.07, 6.45) is 2.02. The molecule has 0 atom stereocenters. The van der Waals surface area contributed by atoms with Gasteiger partial charge in [0.2, 0.25) is 5.91 Å². The zero-order chi connectivity index (χ0) is 17.6. The third-order valence-corrected chi connectivity index (χ3v) is 4.39. The van der Waals surface area contributed by atoms with Crippen LogP contribution in [0, 0.1) is 6.92 Å². The maximum Gasteiger partial charge on any atom is 0.220 e. The van der Waals surface area contributed by atoms with Crippen molar-refractivity contribution in [2.24, 2.45) is 0 Å². The van der Waals surface area contributed by atoms with E-state index in [4.69, 9.17) is 21.1 Å². The molecule has 132 valence electrons. The topological polar surface area (TPSA) is 47.6 Å². The van der Waals surface area contributed by atoms with Crippen LogP contribution in [0.1, 0.15) is 29.5 Å². The zero-order valence-corrected chi connectivity index (χ0v) is 15.1. The summed E-state index contributed by atoms with van der Waals surface area (Å²) in [7, 11) is 0. The number of nitrogens with one attached hydrogen (secondary N) is 1. The molecule has 1 aliphatic heterocycles. The van der Waals surface area contributed by atoms with Crippen LogP contribution in [-0.2, 0) is 17.8 Å². The smallest absolute Gasteiger partial charge is 0.220 e. The van der Waals surface area contributed by atoms with Crippen LogP contribution in [0.4, 0.5) is 0 Å². The Morgan fingerprint density at radius 3 is 2.68 bits per heavy atom. The average molecular weight is 360 g/mol. The maximum absolute atomic E-state index is 12.1. The number of carbonyl (C=O) groups excluding carboxylic acids is 1. The molecule has 0 aliphatic carbocycles. The van der Waals surface area contributed by atoms with E-state index in [9.17, 15) is 4.79 Å². The van der Waals surface area contributed by atoms with Crippen molar-refractivity contribution < 1.29 is 14.3 Å². The lowest BCUT2D eigenvalue weighted by molar-refractivity contribution is -0.121. The van der Waals surface area contributed by atoms with Crippen molar-refractivity contribution >= 4 is 17.5 Å². The SMILES string of the molecule is Cc1ccc(CCC(=O)NCc2cc(Cl)c3c(c2)OCCCO3)cc1. The fourth-order valence-electron chi connectivity index (χ4n) is 2.69. The minimum Gasteiger partial charge on any atom is -0.489 e. The molecule has 0 bridgehead atoms. The molecule has 0 saturated carbocycles. The highest BCUT2D eigenvalue weighted by molar-refractivity contribution is 6.32. The Morgan fingerprint density at radius 2 is 1.88 bits per heavy atom. The minimum absolute atomic E-state index is 0.0174. The van der Waals surface area contributed by atoms with E-state index in [0.29, 0.717) is 42.7 Å². The molecule has 25 heavy (non-hydrogen) atoms. The standard InChI is InChI=1S/C20H22ClNO3/c1-14-3-5-15(6-4-14)7-8-19(23)22-13-16-11-17(21)20-18(12-16)24-9-2-10-25-20/h3-6,11-12H,2,7-10,13H2,1H3,(H,22,23). The van der Waals surface area contributed by atoms with E-state index in [2.05, 4.69) is 36.5 Å². The molecule has 3 rings (SSSR count). The molecule has 0 aromatic heterocycles. The fraction of sp³-hybridized carbons (Fsp3) is 0.350. The van der Waals surface area contributed by atoms with Gasteiger partial charge < -0.3 is 14.8 Å². The summed E-state index contributed by atoms with van der Waals surface area (Å²) >= 11 is 6.27. The molecular weight excluding hydrogens is 338 g/mol. The predicted molar refractivity (Wildman–Crippen MR) is 98.4 cm³/mol. The van der Waals surface area contributed by atoms with Gasteiger partial charge in [-0.15, -0.1) is 0 Å². The van der Waals surface area contributed by atoms with E-state index >= 15 is 0 Å². The lowest BCUT2D eigenvalue weighted by Crippen LogP contribution is -2.23. The van der Waals surface area contributed by atoms with Crippen molar-refractivity contribution in [3.8, 4) is 11.5 Å². The van der Waals surface area contributed by atoms with Crippen LogP contribution in [-0.4, -0.2) is 19.1 Å². The summed E-state index contributed by atoms with van der Waals surface area (Å²) in [6, 6.07) is 11.9. The first-order valence-electron chi connectivity index (χ1n) is 8.52. The highest BCUT2D eigenvalue weighted by Crippen LogP contribution is 2.37. The summed E-state index contributed by atoms with van der Waals surface area (Å²) in [4.78, 5) is 12.1. The number of hydrogen-bond acceptors (Lipinski definition) is 3. The first kappa shape index (κ1) is 17.6. The molecule has 0 spiro atoms. The minimum atomic E-state index is 0.0174. The summed E-state index contributed by atoms with van der Waals surface area (Å²) < 4.78 is 11.3. The van der Waals surface area contributed by atoms with Crippen LogP contribution in [0.15, 0.2) is 36.4 Å². The van der Waals surface area contributed by atoms with E-state index in [1.165, 1.54) is 11.1 Å². The van der Waals surface area contributed by atoms with E-state index < -0.39 is 0 Å². The maximum atomic E-state index is 12.1. The van der Waals surface area contributed by atoms with E-state index in [1.807, 2.05) is 12.1 Å². The van der Waals surface area contributed by atoms with Crippen LogP contribution in [0.3, 0.4) is 0 Å². The number of amides is 1. The molecule has 4 nitrogen and oxygen atoms in total. The lowest BCUT2D eigenvalue weighted by atomic mass is 10.1. The van der Waals surface area contributed by atoms with Crippen molar-refractivity contribution in [1.82, 2.24) is 5.32 Å². The van der Waals surface area contributed by atoms with Gasteiger partial charge in [-0.3, -0.25) is 4.79 Å². The Balaban J connectivity index is 1.54. The van der Waals surface area contributed by atoms with E-state index in [-0.39, 0.29) is 5.91 Å². The molecule has 1 heterocycles. The van der Waals surface area contributed by atoms with Gasteiger partial charge in [0.25, 0.3) is 0 Å². The molecule has 1 aliphatic rings. The second kappa shape index (κ2) is 8.26. The molecule has 5 heteroatoms. The van der Waals surface area contributed by atoms with Gasteiger partial charge in [-0.1, -0.05) is 41.4 Å². The average Bonchev–Trinajstić information content (AvgIpc) is 2.85. The second-order valence-electron chi connectivity index (χ2n) is 6.22. The lowest BCUT2D eigenvalue weighted by Gasteiger charge is -2.12. The van der Waals surface area contributed by atoms with Crippen molar-refractivity contribution in [3.05, 3.63) is 58.1 Å². The van der Waals surface area contributed by atoms with Crippen molar-refractivity contribution in [3.63, 3.8) is 0 Å². The largest absolute Gasteiger partial charge is 0.489 e. The number of carbonyl (C=O) groups is 1. The van der Waals surface area contributed by atoms with Crippen molar-refractivity contribution in [2.75, 3.05) is 13.2 Å². The van der Waals surface area contributed by atoms with E-state index in [0.717, 1.165) is 18.4 Å². The van der Waals surface area contributed by atoms with Crippen LogP contribution in [0.5, 0.6) is 11.5 Å². The summed E-state index contributed by atoms with van der Waals surface area (Å²) in [5, 5.41) is 3.45. The number of ether oxygens (including phenoxy) is 2. The Morgan fingerprint density at radius 1 is 1.12 bits per heavy atom. The Hall–Kier alpha value is -2.20. The normalized spacial score (nSPS) is 13.2. The number of halogens is 1. The first-order chi connectivity index (χ1) is 12.1. The van der Waals surface area contributed by atoms with Gasteiger partial charge in [-0.2, -0.15) is 0 Å². The molecule has 0 saturated heterocycles. The van der Waals surface area contributed by atoms with E-state index in [1.54, 1.807) is 0 Å². The number of rotatable bonds is 5.